The molecule has 6 nitrogen and oxygen atoms in total. The number of halogens is 4. The van der Waals surface area contributed by atoms with E-state index in [0.717, 1.165) is 4.68 Å². The monoisotopic (exact) mass is 450 g/mol. The lowest BCUT2D eigenvalue weighted by atomic mass is 9.97. The number of hydrogen-bond acceptors (Lipinski definition) is 4. The number of amides is 1. The Morgan fingerprint density at radius 1 is 1.19 bits per heavy atom. The van der Waals surface area contributed by atoms with Crippen molar-refractivity contribution in [3.8, 4) is 5.75 Å². The van der Waals surface area contributed by atoms with Crippen molar-refractivity contribution in [1.29, 1.82) is 0 Å². The van der Waals surface area contributed by atoms with E-state index in [0.29, 0.717) is 22.0 Å². The molecule has 0 fully saturated rings. The number of carbonyl (C=O) groups excluding carboxylic acids is 1. The highest BCUT2D eigenvalue weighted by molar-refractivity contribution is 6.30. The molecule has 0 unspecified atom stereocenters. The molecule has 0 spiro atoms. The van der Waals surface area contributed by atoms with Crippen molar-refractivity contribution >= 4 is 29.0 Å². The van der Waals surface area contributed by atoms with Crippen LogP contribution in [-0.4, -0.2) is 29.0 Å². The van der Waals surface area contributed by atoms with Gasteiger partial charge in [0.25, 0.3) is 5.91 Å². The number of anilines is 2. The number of nitrogens with zero attached hydrogens (tertiary/aromatic N) is 2. The van der Waals surface area contributed by atoms with Gasteiger partial charge in [0.1, 0.15) is 11.6 Å². The van der Waals surface area contributed by atoms with Crippen LogP contribution in [0.2, 0.25) is 5.02 Å². The molecule has 2 heterocycles. The zero-order valence-corrected chi connectivity index (χ0v) is 17.0. The minimum absolute atomic E-state index is 0.121. The van der Waals surface area contributed by atoms with E-state index >= 15 is 0 Å². The highest BCUT2D eigenvalue weighted by Crippen LogP contribution is 2.43. The van der Waals surface area contributed by atoms with Gasteiger partial charge in [0, 0.05) is 23.2 Å². The summed E-state index contributed by atoms with van der Waals surface area (Å²) in [5.41, 5.74) is 1.01. The maximum absolute atomic E-state index is 13.8. The molecule has 0 aliphatic carbocycles. The topological polar surface area (TPSA) is 68.2 Å². The zero-order valence-electron chi connectivity index (χ0n) is 16.3. The number of rotatable bonds is 4. The lowest BCUT2D eigenvalue weighted by Gasteiger charge is -2.33. The van der Waals surface area contributed by atoms with Gasteiger partial charge in [0.2, 0.25) is 0 Å². The normalized spacial score (nSPS) is 18.1. The molecule has 31 heavy (non-hydrogen) atoms. The third-order valence-electron chi connectivity index (χ3n) is 5.04. The first-order valence-corrected chi connectivity index (χ1v) is 9.76. The van der Waals surface area contributed by atoms with Gasteiger partial charge in [-0.2, -0.15) is 18.3 Å². The van der Waals surface area contributed by atoms with Crippen LogP contribution >= 0.6 is 11.6 Å². The van der Waals surface area contributed by atoms with Gasteiger partial charge in [-0.1, -0.05) is 23.7 Å². The van der Waals surface area contributed by atoms with Crippen LogP contribution in [0.4, 0.5) is 24.7 Å². The lowest BCUT2D eigenvalue weighted by Crippen LogP contribution is -2.35. The Bertz CT molecular complexity index is 1080. The summed E-state index contributed by atoms with van der Waals surface area (Å²) in [5, 5.41) is 10.1. The highest BCUT2D eigenvalue weighted by Gasteiger charge is 2.46. The first kappa shape index (κ1) is 21.0. The van der Waals surface area contributed by atoms with Crippen LogP contribution in [0.5, 0.6) is 5.75 Å². The van der Waals surface area contributed by atoms with Gasteiger partial charge in [-0.3, -0.25) is 4.79 Å². The molecule has 2 N–H and O–H groups in total. The minimum atomic E-state index is -4.53. The first-order valence-electron chi connectivity index (χ1n) is 9.38. The number of aromatic nitrogens is 2. The van der Waals surface area contributed by atoms with E-state index in [1.165, 1.54) is 13.2 Å². The molecule has 1 amide bonds. The molecule has 0 radical (unpaired) electrons. The van der Waals surface area contributed by atoms with Crippen LogP contribution in [0, 0.1) is 0 Å². The first-order chi connectivity index (χ1) is 14.7. The summed E-state index contributed by atoms with van der Waals surface area (Å²) in [7, 11) is 1.52. The zero-order chi connectivity index (χ0) is 22.2. The van der Waals surface area contributed by atoms with Gasteiger partial charge in [-0.05, 0) is 42.0 Å². The number of fused-ring (bicyclic) bond motifs is 1. The smallest absolute Gasteiger partial charge is 0.410 e. The van der Waals surface area contributed by atoms with Crippen molar-refractivity contribution in [3.63, 3.8) is 0 Å². The van der Waals surface area contributed by atoms with Gasteiger partial charge in [0.15, 0.2) is 11.7 Å². The molecule has 0 bridgehead atoms. The molecule has 3 aromatic rings. The summed E-state index contributed by atoms with van der Waals surface area (Å²) in [6.45, 7) is 0. The Hall–Kier alpha value is -3.20. The van der Waals surface area contributed by atoms with E-state index in [2.05, 4.69) is 15.7 Å². The molecule has 2 atom stereocenters. The average Bonchev–Trinajstić information content (AvgIpc) is 3.18. The van der Waals surface area contributed by atoms with Crippen molar-refractivity contribution < 1.29 is 22.7 Å². The van der Waals surface area contributed by atoms with E-state index in [-0.39, 0.29) is 17.9 Å². The SMILES string of the molecule is COc1ccc([C@@H]2C[C@@H](C(F)(F)F)n3nc(C(=O)Nc4ccc(Cl)cc4)cc3N2)cc1. The Morgan fingerprint density at radius 2 is 1.87 bits per heavy atom. The van der Waals surface area contributed by atoms with Crippen molar-refractivity contribution in [2.75, 3.05) is 17.7 Å². The molecular weight excluding hydrogens is 433 g/mol. The predicted octanol–water partition coefficient (Wildman–Crippen LogP) is 5.46. The number of nitrogens with one attached hydrogen (secondary N) is 2. The summed E-state index contributed by atoms with van der Waals surface area (Å²) in [6, 6.07) is 12.0. The summed E-state index contributed by atoms with van der Waals surface area (Å²) in [5.74, 6) is 0.113. The van der Waals surface area contributed by atoms with Gasteiger partial charge in [-0.15, -0.1) is 0 Å². The van der Waals surface area contributed by atoms with E-state index in [1.54, 1.807) is 48.5 Å². The van der Waals surface area contributed by atoms with Crippen LogP contribution in [0.25, 0.3) is 0 Å². The van der Waals surface area contributed by atoms with Gasteiger partial charge < -0.3 is 15.4 Å². The minimum Gasteiger partial charge on any atom is -0.497 e. The number of alkyl halides is 3. The average molecular weight is 451 g/mol. The standard InChI is InChI=1S/C21H18ClF3N4O2/c1-31-15-8-2-12(3-9-15)16-10-18(21(23,24)25)29-19(27-16)11-17(28-29)20(30)26-14-6-4-13(22)5-7-14/h2-9,11,16,18,27H,10H2,1H3,(H,26,30)/t16-,18-/m0/s1. The van der Waals surface area contributed by atoms with Crippen LogP contribution in [0.3, 0.4) is 0 Å². The highest BCUT2D eigenvalue weighted by atomic mass is 35.5. The Balaban J connectivity index is 1.62. The molecule has 1 aromatic heterocycles. The van der Waals surface area contributed by atoms with Crippen molar-refractivity contribution in [1.82, 2.24) is 9.78 Å². The fraction of sp³-hybridized carbons (Fsp3) is 0.238. The largest absolute Gasteiger partial charge is 0.497 e. The third kappa shape index (κ3) is 4.46. The fourth-order valence-electron chi connectivity index (χ4n) is 3.47. The molecule has 1 aliphatic heterocycles. The molecule has 4 rings (SSSR count). The molecular formula is C21H18ClF3N4O2. The Kier molecular flexibility index (Phi) is 5.53. The summed E-state index contributed by atoms with van der Waals surface area (Å²) in [6.07, 6.45) is -4.79. The quantitative estimate of drug-likeness (QED) is 0.554. The Labute approximate surface area is 181 Å². The number of carbonyl (C=O) groups is 1. The fourth-order valence-corrected chi connectivity index (χ4v) is 3.59. The van der Waals surface area contributed by atoms with Crippen molar-refractivity contribution in [3.05, 3.63) is 70.9 Å². The molecule has 162 valence electrons. The van der Waals surface area contributed by atoms with Crippen LogP contribution in [0.15, 0.2) is 54.6 Å². The Morgan fingerprint density at radius 3 is 2.48 bits per heavy atom. The molecule has 0 saturated carbocycles. The molecule has 2 aromatic carbocycles. The summed E-state index contributed by atoms with van der Waals surface area (Å²) < 4.78 is 47.3. The van der Waals surface area contributed by atoms with E-state index in [9.17, 15) is 18.0 Å². The molecule has 10 heteroatoms. The van der Waals surface area contributed by atoms with E-state index in [1.807, 2.05) is 0 Å². The second-order valence-corrected chi connectivity index (χ2v) is 7.52. The van der Waals surface area contributed by atoms with Crippen LogP contribution in [0.1, 0.15) is 34.6 Å². The van der Waals surface area contributed by atoms with E-state index in [4.69, 9.17) is 16.3 Å². The van der Waals surface area contributed by atoms with Gasteiger partial charge >= 0.3 is 6.18 Å². The molecule has 1 aliphatic rings. The maximum Gasteiger partial charge on any atom is 0.410 e. The number of methoxy groups -OCH3 is 1. The number of hydrogen-bond donors (Lipinski definition) is 2. The lowest BCUT2D eigenvalue weighted by molar-refractivity contribution is -0.173. The van der Waals surface area contributed by atoms with E-state index < -0.39 is 24.2 Å². The van der Waals surface area contributed by atoms with Crippen molar-refractivity contribution in [2.45, 2.75) is 24.7 Å². The number of ether oxygens (including phenoxy) is 1. The van der Waals surface area contributed by atoms with Gasteiger partial charge in [-0.25, -0.2) is 4.68 Å². The predicted molar refractivity (Wildman–Crippen MR) is 111 cm³/mol. The second kappa shape index (κ2) is 8.14. The van der Waals surface area contributed by atoms with Crippen LogP contribution < -0.4 is 15.4 Å². The summed E-state index contributed by atoms with van der Waals surface area (Å²) >= 11 is 5.82. The summed E-state index contributed by atoms with van der Waals surface area (Å²) in [4.78, 5) is 12.6. The van der Waals surface area contributed by atoms with Crippen molar-refractivity contribution in [2.24, 2.45) is 0 Å². The maximum atomic E-state index is 13.8. The number of benzene rings is 2. The molecule has 0 saturated heterocycles. The second-order valence-electron chi connectivity index (χ2n) is 7.08. The third-order valence-corrected chi connectivity index (χ3v) is 5.29. The van der Waals surface area contributed by atoms with Gasteiger partial charge in [0.05, 0.1) is 13.2 Å². The van der Waals surface area contributed by atoms with Crippen LogP contribution in [-0.2, 0) is 0 Å².